The number of likely N-dealkylation sites (N-methyl/N-ethyl adjacent to an activating group) is 1. The van der Waals surface area contributed by atoms with Crippen LogP contribution in [0.3, 0.4) is 0 Å². The first kappa shape index (κ1) is 37.5. The Balaban J connectivity index is 1.35. The molecule has 5 atom stereocenters. The number of ether oxygens (including phenoxy) is 2. The topological polar surface area (TPSA) is 136 Å². The number of fused-ring (bicyclic) bond motifs is 1. The Hall–Kier alpha value is -4.22. The third-order valence-electron chi connectivity index (χ3n) is 10.4. The number of hydrogen-bond donors (Lipinski definition) is 0. The molecule has 0 radical (unpaired) electrons. The lowest BCUT2D eigenvalue weighted by atomic mass is 9.71. The molecule has 3 aromatic rings. The minimum absolute atomic E-state index is 0.0928. The van der Waals surface area contributed by atoms with Crippen molar-refractivity contribution >= 4 is 34.6 Å². The highest BCUT2D eigenvalue weighted by Gasteiger charge is 2.42. The first-order chi connectivity index (χ1) is 24.6. The van der Waals surface area contributed by atoms with Gasteiger partial charge in [0, 0.05) is 50.2 Å². The van der Waals surface area contributed by atoms with Gasteiger partial charge in [-0.15, -0.1) is 11.3 Å². The summed E-state index contributed by atoms with van der Waals surface area (Å²) in [4.78, 5) is 37.1. The van der Waals surface area contributed by atoms with E-state index in [1.54, 1.807) is 17.7 Å². The largest absolute Gasteiger partial charge is 0.473 e. The van der Waals surface area contributed by atoms with Crippen molar-refractivity contribution in [3.8, 4) is 23.5 Å². The van der Waals surface area contributed by atoms with Crippen LogP contribution in [-0.2, 0) is 16.6 Å². The maximum Gasteiger partial charge on any atom is 0.410 e. The first-order valence-electron chi connectivity index (χ1n) is 18.3. The number of aryl methyl sites for hydroxylation is 1. The molecule has 2 fully saturated rings. The van der Waals surface area contributed by atoms with Crippen molar-refractivity contribution in [3.63, 3.8) is 0 Å². The zero-order valence-electron chi connectivity index (χ0n) is 32.3. The van der Waals surface area contributed by atoms with Gasteiger partial charge in [-0.2, -0.15) is 10.2 Å². The van der Waals surface area contributed by atoms with E-state index >= 15 is 0 Å². The molecule has 3 aliphatic rings. The number of piperazine rings is 1. The summed E-state index contributed by atoms with van der Waals surface area (Å²) < 4.78 is 18.5. The fraction of sp³-hybridized carbons (Fsp3) is 0.632. The molecule has 0 N–H and O–H groups in total. The van der Waals surface area contributed by atoms with Gasteiger partial charge in [-0.05, 0) is 99.7 Å². The highest BCUT2D eigenvalue weighted by molar-refractivity contribution is 7.16. The van der Waals surface area contributed by atoms with Crippen LogP contribution in [0.15, 0.2) is 21.6 Å². The second-order valence-electron chi connectivity index (χ2n) is 16.1. The van der Waals surface area contributed by atoms with Crippen molar-refractivity contribution in [1.82, 2.24) is 29.8 Å². The molecule has 1 amide bonds. The van der Waals surface area contributed by atoms with Crippen LogP contribution in [0.5, 0.6) is 5.88 Å². The molecule has 5 heterocycles. The van der Waals surface area contributed by atoms with Gasteiger partial charge in [-0.1, -0.05) is 5.16 Å². The van der Waals surface area contributed by atoms with Gasteiger partial charge in [-0.3, -0.25) is 9.80 Å². The summed E-state index contributed by atoms with van der Waals surface area (Å²) in [6.45, 7) is 16.1. The number of hydrogen-bond acceptors (Lipinski definition) is 12. The maximum atomic E-state index is 13.2. The van der Waals surface area contributed by atoms with E-state index in [0.29, 0.717) is 52.6 Å². The number of nitriles is 1. The van der Waals surface area contributed by atoms with E-state index in [9.17, 15) is 10.1 Å². The number of thiophene rings is 1. The fourth-order valence-corrected chi connectivity index (χ4v) is 9.19. The highest BCUT2D eigenvalue weighted by atomic mass is 32.1. The molecule has 2 saturated heterocycles. The van der Waals surface area contributed by atoms with Crippen LogP contribution < -0.4 is 9.64 Å². The lowest BCUT2D eigenvalue weighted by Gasteiger charge is -2.44. The van der Waals surface area contributed by atoms with Crippen LogP contribution in [0.4, 0.5) is 15.6 Å². The quantitative estimate of drug-likeness (QED) is 0.183. The highest BCUT2D eigenvalue weighted by Crippen LogP contribution is 2.50. The standard InChI is InChI=1S/C38H53N9O4S/c1-23-20-46(21-24(2)47(23)36(48)50-37(4,5)6)31-18-32(49-25(3)28-13-12-16-45(28)10)42-34(41-31)27-17-30(51-43-27)38(7)15-11-14-29-33(38)26(19-39)35(52-29)40-22-44(8)9/h17-18,22-25,28H,11-16,20-21H2,1-10H3/t23-,24-,25-,28-,38+/m0/s1. The Bertz CT molecular complexity index is 1830. The number of aromatic nitrogens is 3. The molecule has 0 spiro atoms. The third kappa shape index (κ3) is 7.62. The van der Waals surface area contributed by atoms with E-state index < -0.39 is 11.0 Å². The number of rotatable bonds is 8. The Morgan fingerprint density at radius 2 is 1.94 bits per heavy atom. The summed E-state index contributed by atoms with van der Waals surface area (Å²) in [5.74, 6) is 2.21. The normalized spacial score (nSPS) is 24.5. The first-order valence-corrected chi connectivity index (χ1v) is 19.2. The summed E-state index contributed by atoms with van der Waals surface area (Å²) in [6, 6.07) is 6.29. The van der Waals surface area contributed by atoms with E-state index in [0.717, 1.165) is 49.1 Å². The second-order valence-corrected chi connectivity index (χ2v) is 17.1. The van der Waals surface area contributed by atoms with E-state index in [-0.39, 0.29) is 30.3 Å². The van der Waals surface area contributed by atoms with E-state index in [4.69, 9.17) is 24.0 Å². The summed E-state index contributed by atoms with van der Waals surface area (Å²) in [5, 5.41) is 15.6. The van der Waals surface area contributed by atoms with Crippen LogP contribution in [0.25, 0.3) is 11.5 Å². The molecule has 0 bridgehead atoms. The Kier molecular flexibility index (Phi) is 10.6. The molecule has 13 nitrogen and oxygen atoms in total. The van der Waals surface area contributed by atoms with Crippen LogP contribution >= 0.6 is 11.3 Å². The average molecular weight is 732 g/mol. The number of nitrogens with zero attached hydrogens (tertiary/aromatic N) is 9. The Morgan fingerprint density at radius 1 is 1.21 bits per heavy atom. The maximum absolute atomic E-state index is 13.2. The predicted octanol–water partition coefficient (Wildman–Crippen LogP) is 6.62. The summed E-state index contributed by atoms with van der Waals surface area (Å²) in [7, 11) is 5.96. The molecule has 6 rings (SSSR count). The lowest BCUT2D eigenvalue weighted by molar-refractivity contribution is 0.00558. The number of anilines is 1. The Morgan fingerprint density at radius 3 is 2.58 bits per heavy atom. The molecular weight excluding hydrogens is 679 g/mol. The lowest BCUT2D eigenvalue weighted by Crippen LogP contribution is -2.59. The van der Waals surface area contributed by atoms with Crippen molar-refractivity contribution < 1.29 is 18.8 Å². The molecule has 0 unspecified atom stereocenters. The van der Waals surface area contributed by atoms with Crippen molar-refractivity contribution in [1.29, 1.82) is 5.26 Å². The van der Waals surface area contributed by atoms with Crippen LogP contribution in [-0.4, -0.2) is 113 Å². The molecular formula is C38H53N9O4S. The van der Waals surface area contributed by atoms with E-state index in [2.05, 4.69) is 46.9 Å². The van der Waals surface area contributed by atoms with Crippen LogP contribution in [0.2, 0.25) is 0 Å². The fourth-order valence-electron chi connectivity index (χ4n) is 7.93. The molecule has 0 aromatic carbocycles. The van der Waals surface area contributed by atoms with E-state index in [1.807, 2.05) is 70.6 Å². The van der Waals surface area contributed by atoms with Crippen molar-refractivity contribution in [2.75, 3.05) is 45.7 Å². The molecule has 2 aliphatic heterocycles. The average Bonchev–Trinajstić information content (AvgIpc) is 3.81. The predicted molar refractivity (Wildman–Crippen MR) is 203 cm³/mol. The summed E-state index contributed by atoms with van der Waals surface area (Å²) in [5.41, 5.74) is 0.896. The van der Waals surface area contributed by atoms with Gasteiger partial charge in [0.25, 0.3) is 0 Å². The van der Waals surface area contributed by atoms with Gasteiger partial charge in [0.2, 0.25) is 5.88 Å². The zero-order valence-corrected chi connectivity index (χ0v) is 33.1. The minimum atomic E-state index is -0.583. The third-order valence-corrected chi connectivity index (χ3v) is 11.5. The zero-order chi connectivity index (χ0) is 37.5. The molecule has 14 heteroatoms. The van der Waals surface area contributed by atoms with Crippen molar-refractivity contribution in [2.45, 2.75) is 116 Å². The molecule has 1 aliphatic carbocycles. The summed E-state index contributed by atoms with van der Waals surface area (Å²) in [6.07, 6.45) is 6.16. The summed E-state index contributed by atoms with van der Waals surface area (Å²) >= 11 is 1.58. The SMILES string of the molecule is C[C@H](Oc1cc(N2C[C@H](C)N(C(=O)OC(C)(C)C)[C@@H](C)C2)nc(-c2cc([C@@]3(C)CCCc4sc(N=CN(C)C)c(C#N)c43)on2)n1)[C@@H]1CCCN1C. The van der Waals surface area contributed by atoms with E-state index in [1.165, 1.54) is 0 Å². The second kappa shape index (κ2) is 14.7. The van der Waals surface area contributed by atoms with Gasteiger partial charge in [0.15, 0.2) is 11.5 Å². The van der Waals surface area contributed by atoms with Gasteiger partial charge < -0.3 is 23.8 Å². The molecule has 280 valence electrons. The number of amides is 1. The molecule has 0 saturated carbocycles. The van der Waals surface area contributed by atoms with Gasteiger partial charge in [0.1, 0.15) is 34.4 Å². The Labute approximate surface area is 311 Å². The number of likely N-dealkylation sites (tertiary alicyclic amines) is 1. The van der Waals surface area contributed by atoms with Crippen LogP contribution in [0, 0.1) is 11.3 Å². The molecule has 3 aromatic heterocycles. The van der Waals surface area contributed by atoms with Crippen molar-refractivity contribution in [2.24, 2.45) is 4.99 Å². The molecule has 52 heavy (non-hydrogen) atoms. The monoisotopic (exact) mass is 731 g/mol. The van der Waals surface area contributed by atoms with Crippen LogP contribution in [0.1, 0.15) is 95.9 Å². The minimum Gasteiger partial charge on any atom is -0.473 e. The number of aliphatic imine (C=N–C) groups is 1. The number of carbonyl (C=O) groups is 1. The number of carbonyl (C=O) groups excluding carboxylic acids is 1. The van der Waals surface area contributed by atoms with Gasteiger partial charge >= 0.3 is 6.09 Å². The smallest absolute Gasteiger partial charge is 0.410 e. The van der Waals surface area contributed by atoms with Crippen molar-refractivity contribution in [3.05, 3.63) is 33.9 Å². The van der Waals surface area contributed by atoms with Gasteiger partial charge in [-0.25, -0.2) is 14.8 Å². The van der Waals surface area contributed by atoms with Gasteiger partial charge in [0.05, 0.1) is 29.4 Å².